The number of para-hydroxylation sites is 1. The van der Waals surface area contributed by atoms with E-state index >= 15 is 0 Å². The van der Waals surface area contributed by atoms with Gasteiger partial charge in [0.05, 0.1) is 0 Å². The van der Waals surface area contributed by atoms with Crippen LogP contribution in [0.25, 0.3) is 0 Å². The van der Waals surface area contributed by atoms with Crippen molar-refractivity contribution in [1.82, 2.24) is 4.90 Å². The molecule has 1 aliphatic heterocycles. The summed E-state index contributed by atoms with van der Waals surface area (Å²) in [4.78, 5) is 25.4. The molecule has 0 unspecified atom stereocenters. The zero-order valence-corrected chi connectivity index (χ0v) is 13.5. The third-order valence-electron chi connectivity index (χ3n) is 3.71. The van der Waals surface area contributed by atoms with E-state index in [9.17, 15) is 9.59 Å². The number of amides is 2. The molecule has 0 radical (unpaired) electrons. The van der Waals surface area contributed by atoms with E-state index in [1.54, 1.807) is 4.90 Å². The molecule has 1 aliphatic rings. The van der Waals surface area contributed by atoms with Crippen LogP contribution in [0.15, 0.2) is 54.6 Å². The van der Waals surface area contributed by atoms with Crippen LogP contribution in [0.5, 0.6) is 0 Å². The summed E-state index contributed by atoms with van der Waals surface area (Å²) in [5.41, 5.74) is 3.06. The van der Waals surface area contributed by atoms with Crippen LogP contribution >= 0.6 is 11.8 Å². The van der Waals surface area contributed by atoms with Crippen molar-refractivity contribution in [3.8, 4) is 0 Å². The second-order valence-electron chi connectivity index (χ2n) is 5.40. The molecule has 2 aromatic carbocycles. The number of thioether (sulfide) groups is 1. The summed E-state index contributed by atoms with van der Waals surface area (Å²) in [6.45, 7) is 0.758. The summed E-state index contributed by atoms with van der Waals surface area (Å²) >= 11 is 1.27. The van der Waals surface area contributed by atoms with Gasteiger partial charge in [-0.1, -0.05) is 60.3 Å². The fourth-order valence-electron chi connectivity index (χ4n) is 2.54. The zero-order chi connectivity index (χ0) is 16.1. The molecule has 4 nitrogen and oxygen atoms in total. The molecule has 2 amide bonds. The van der Waals surface area contributed by atoms with Gasteiger partial charge in [0, 0.05) is 18.0 Å². The number of hydrogen-bond donors (Lipinski definition) is 1. The highest BCUT2D eigenvalue weighted by atomic mass is 32.2. The van der Waals surface area contributed by atoms with Crippen molar-refractivity contribution < 1.29 is 9.59 Å². The monoisotopic (exact) mass is 326 g/mol. The van der Waals surface area contributed by atoms with E-state index in [1.807, 2.05) is 42.5 Å². The quantitative estimate of drug-likeness (QED) is 0.916. The molecule has 0 bridgehead atoms. The smallest absolute Gasteiger partial charge is 0.282 e. The molecule has 0 saturated carbocycles. The van der Waals surface area contributed by atoms with Crippen molar-refractivity contribution in [2.75, 3.05) is 24.2 Å². The SMILES string of the molecule is O=C(CN1CCSC1=O)Nc1ccccc1Cc1ccccc1. The molecule has 0 atom stereocenters. The highest BCUT2D eigenvalue weighted by Gasteiger charge is 2.23. The molecule has 0 aliphatic carbocycles. The van der Waals surface area contributed by atoms with Gasteiger partial charge in [-0.3, -0.25) is 9.59 Å². The Morgan fingerprint density at radius 1 is 1.09 bits per heavy atom. The van der Waals surface area contributed by atoms with Crippen molar-refractivity contribution in [3.63, 3.8) is 0 Å². The molecule has 0 spiro atoms. The first-order valence-electron chi connectivity index (χ1n) is 7.56. The Morgan fingerprint density at radius 2 is 1.83 bits per heavy atom. The summed E-state index contributed by atoms with van der Waals surface area (Å²) in [7, 11) is 0. The Hall–Kier alpha value is -2.27. The van der Waals surface area contributed by atoms with E-state index in [0.29, 0.717) is 6.54 Å². The predicted octanol–water partition coefficient (Wildman–Crippen LogP) is 3.38. The summed E-state index contributed by atoms with van der Waals surface area (Å²) < 4.78 is 0. The molecule has 1 heterocycles. The molecule has 2 aromatic rings. The normalized spacial score (nSPS) is 14.1. The molecule has 0 aromatic heterocycles. The van der Waals surface area contributed by atoms with Gasteiger partial charge in [0.25, 0.3) is 5.24 Å². The van der Waals surface area contributed by atoms with Gasteiger partial charge >= 0.3 is 0 Å². The van der Waals surface area contributed by atoms with Crippen molar-refractivity contribution in [2.24, 2.45) is 0 Å². The highest BCUT2D eigenvalue weighted by molar-refractivity contribution is 8.13. The van der Waals surface area contributed by atoms with Crippen molar-refractivity contribution >= 4 is 28.6 Å². The van der Waals surface area contributed by atoms with Crippen LogP contribution in [0, 0.1) is 0 Å². The maximum absolute atomic E-state index is 12.2. The van der Waals surface area contributed by atoms with Gasteiger partial charge < -0.3 is 10.2 Å². The van der Waals surface area contributed by atoms with Gasteiger partial charge in [0.15, 0.2) is 0 Å². The number of nitrogens with one attached hydrogen (secondary N) is 1. The number of carbonyl (C=O) groups is 2. The number of rotatable bonds is 5. The third kappa shape index (κ3) is 4.13. The van der Waals surface area contributed by atoms with Gasteiger partial charge in [-0.05, 0) is 23.6 Å². The Labute approximate surface area is 139 Å². The molecular formula is C18H18N2O2S. The molecule has 5 heteroatoms. The Bertz CT molecular complexity index is 703. The Kier molecular flexibility index (Phi) is 4.98. The maximum Gasteiger partial charge on any atom is 0.282 e. The molecule has 3 rings (SSSR count). The zero-order valence-electron chi connectivity index (χ0n) is 12.7. The molecule has 1 N–H and O–H groups in total. The molecule has 1 saturated heterocycles. The van der Waals surface area contributed by atoms with Crippen LogP contribution in [0.4, 0.5) is 10.5 Å². The third-order valence-corrected chi connectivity index (χ3v) is 4.60. The lowest BCUT2D eigenvalue weighted by atomic mass is 10.0. The van der Waals surface area contributed by atoms with E-state index in [-0.39, 0.29) is 17.7 Å². The summed E-state index contributed by atoms with van der Waals surface area (Å²) in [6, 6.07) is 17.9. The van der Waals surface area contributed by atoms with Gasteiger partial charge in [-0.2, -0.15) is 0 Å². The van der Waals surface area contributed by atoms with Crippen molar-refractivity contribution in [2.45, 2.75) is 6.42 Å². The highest BCUT2D eigenvalue weighted by Crippen LogP contribution is 2.20. The average molecular weight is 326 g/mol. The summed E-state index contributed by atoms with van der Waals surface area (Å²) in [5.74, 6) is 0.609. The number of hydrogen-bond acceptors (Lipinski definition) is 3. The van der Waals surface area contributed by atoms with Crippen molar-refractivity contribution in [1.29, 1.82) is 0 Å². The lowest BCUT2D eigenvalue weighted by Crippen LogP contribution is -2.33. The first-order chi connectivity index (χ1) is 11.2. The first kappa shape index (κ1) is 15.6. The Balaban J connectivity index is 1.68. The predicted molar refractivity (Wildman–Crippen MR) is 93.7 cm³/mol. The van der Waals surface area contributed by atoms with Gasteiger partial charge in [0.2, 0.25) is 5.91 Å². The van der Waals surface area contributed by atoms with Gasteiger partial charge in [0.1, 0.15) is 6.54 Å². The molecule has 23 heavy (non-hydrogen) atoms. The topological polar surface area (TPSA) is 49.4 Å². The van der Waals surface area contributed by atoms with Crippen LogP contribution in [0.2, 0.25) is 0 Å². The second-order valence-corrected chi connectivity index (χ2v) is 6.45. The summed E-state index contributed by atoms with van der Waals surface area (Å²) in [6.07, 6.45) is 0.760. The standard InChI is InChI=1S/C18H18N2O2S/c21-17(13-20-10-11-23-18(20)22)19-16-9-5-4-8-15(16)12-14-6-2-1-3-7-14/h1-9H,10-13H2,(H,19,21). The minimum absolute atomic E-state index is 0.0160. The van der Waals surface area contributed by atoms with E-state index < -0.39 is 0 Å². The van der Waals surface area contributed by atoms with Crippen LogP contribution in [0.3, 0.4) is 0 Å². The van der Waals surface area contributed by atoms with Gasteiger partial charge in [-0.25, -0.2) is 0 Å². The largest absolute Gasteiger partial charge is 0.324 e. The van der Waals surface area contributed by atoms with Crippen molar-refractivity contribution in [3.05, 3.63) is 65.7 Å². The fraction of sp³-hybridized carbons (Fsp3) is 0.222. The van der Waals surface area contributed by atoms with E-state index in [0.717, 1.165) is 23.4 Å². The van der Waals surface area contributed by atoms with Crippen LogP contribution in [-0.2, 0) is 11.2 Å². The molecule has 1 fully saturated rings. The lowest BCUT2D eigenvalue weighted by Gasteiger charge is -2.16. The second kappa shape index (κ2) is 7.33. The molecule has 118 valence electrons. The number of nitrogens with zero attached hydrogens (tertiary/aromatic N) is 1. The number of benzene rings is 2. The number of carbonyl (C=O) groups excluding carboxylic acids is 2. The molecular weight excluding hydrogens is 308 g/mol. The minimum atomic E-state index is -0.152. The Morgan fingerprint density at radius 3 is 2.57 bits per heavy atom. The fourth-order valence-corrected chi connectivity index (χ4v) is 3.37. The minimum Gasteiger partial charge on any atom is -0.324 e. The number of anilines is 1. The van der Waals surface area contributed by atoms with Crippen LogP contribution < -0.4 is 5.32 Å². The summed E-state index contributed by atoms with van der Waals surface area (Å²) in [5, 5.41) is 2.92. The van der Waals surface area contributed by atoms with E-state index in [2.05, 4.69) is 17.4 Å². The van der Waals surface area contributed by atoms with Crippen LogP contribution in [-0.4, -0.2) is 34.9 Å². The van der Waals surface area contributed by atoms with E-state index in [4.69, 9.17) is 0 Å². The lowest BCUT2D eigenvalue weighted by molar-refractivity contribution is -0.116. The average Bonchev–Trinajstić information content (AvgIpc) is 2.95. The van der Waals surface area contributed by atoms with E-state index in [1.165, 1.54) is 17.3 Å². The maximum atomic E-state index is 12.2. The van der Waals surface area contributed by atoms with Crippen LogP contribution in [0.1, 0.15) is 11.1 Å². The van der Waals surface area contributed by atoms with Gasteiger partial charge in [-0.15, -0.1) is 0 Å². The first-order valence-corrected chi connectivity index (χ1v) is 8.54.